The van der Waals surface area contributed by atoms with Gasteiger partial charge >= 0.3 is 0 Å². The Morgan fingerprint density at radius 3 is 1.66 bits per heavy atom. The molecule has 270 valence electrons. The van der Waals surface area contributed by atoms with Gasteiger partial charge in [0.2, 0.25) is 5.95 Å². The molecule has 58 heavy (non-hydrogen) atoms. The van der Waals surface area contributed by atoms with Gasteiger partial charge in [0, 0.05) is 38.2 Å². The van der Waals surface area contributed by atoms with Gasteiger partial charge in [0.1, 0.15) is 0 Å². The Morgan fingerprint density at radius 1 is 0.310 bits per heavy atom. The van der Waals surface area contributed by atoms with Crippen LogP contribution >= 0.6 is 0 Å². The van der Waals surface area contributed by atoms with Crippen LogP contribution in [-0.4, -0.2) is 19.1 Å². The van der Waals surface area contributed by atoms with Crippen molar-refractivity contribution in [2.45, 2.75) is 0 Å². The van der Waals surface area contributed by atoms with E-state index in [1.54, 1.807) is 0 Å². The maximum Gasteiger partial charge on any atom is 0.235 e. The lowest BCUT2D eigenvalue weighted by molar-refractivity contribution is 1.01. The zero-order valence-corrected chi connectivity index (χ0v) is 31.4. The van der Waals surface area contributed by atoms with Crippen LogP contribution in [0.1, 0.15) is 0 Å². The predicted octanol–water partition coefficient (Wildman–Crippen LogP) is 14.0. The molecule has 0 bridgehead atoms. The van der Waals surface area contributed by atoms with E-state index in [2.05, 4.69) is 215 Å². The van der Waals surface area contributed by atoms with E-state index in [4.69, 9.17) is 9.97 Å². The van der Waals surface area contributed by atoms with Crippen LogP contribution in [0, 0.1) is 0 Å². The van der Waals surface area contributed by atoms with Crippen molar-refractivity contribution in [2.24, 2.45) is 0 Å². The van der Waals surface area contributed by atoms with Gasteiger partial charge in [-0.2, -0.15) is 0 Å². The van der Waals surface area contributed by atoms with E-state index in [-0.39, 0.29) is 0 Å². The Kier molecular flexibility index (Phi) is 7.20. The number of para-hydroxylation sites is 2. The largest absolute Gasteiger partial charge is 0.309 e. The van der Waals surface area contributed by atoms with Crippen LogP contribution < -0.4 is 0 Å². The van der Waals surface area contributed by atoms with E-state index in [9.17, 15) is 0 Å². The summed E-state index contributed by atoms with van der Waals surface area (Å²) in [5.41, 5.74) is 13.2. The topological polar surface area (TPSA) is 35.6 Å². The second-order valence-electron chi connectivity index (χ2n) is 15.0. The number of hydrogen-bond donors (Lipinski definition) is 0. The van der Waals surface area contributed by atoms with Crippen molar-refractivity contribution in [1.82, 2.24) is 19.1 Å². The molecule has 0 amide bonds. The molecular formula is C54H34N4. The Balaban J connectivity index is 1.15. The summed E-state index contributed by atoms with van der Waals surface area (Å²) in [6.45, 7) is 0. The van der Waals surface area contributed by atoms with Crippen LogP contribution in [0.4, 0.5) is 0 Å². The highest BCUT2D eigenvalue weighted by Crippen LogP contribution is 2.45. The molecule has 0 N–H and O–H groups in total. The fourth-order valence-electron chi connectivity index (χ4n) is 9.11. The zero-order valence-electron chi connectivity index (χ0n) is 31.4. The van der Waals surface area contributed by atoms with E-state index >= 15 is 0 Å². The average molecular weight is 739 g/mol. The summed E-state index contributed by atoms with van der Waals surface area (Å²) in [6.07, 6.45) is 0. The van der Waals surface area contributed by atoms with Crippen molar-refractivity contribution in [3.05, 3.63) is 206 Å². The summed E-state index contributed by atoms with van der Waals surface area (Å²) in [4.78, 5) is 10.7. The highest BCUT2D eigenvalue weighted by atomic mass is 15.2. The average Bonchev–Trinajstić information content (AvgIpc) is 3.83. The first-order chi connectivity index (χ1) is 28.8. The molecule has 0 saturated heterocycles. The van der Waals surface area contributed by atoms with Gasteiger partial charge in [-0.1, -0.05) is 164 Å². The molecule has 12 rings (SSSR count). The predicted molar refractivity (Wildman–Crippen MR) is 242 cm³/mol. The molecule has 0 fully saturated rings. The quantitative estimate of drug-likeness (QED) is 0.176. The van der Waals surface area contributed by atoms with Crippen LogP contribution in [0.5, 0.6) is 0 Å². The molecule has 0 aliphatic heterocycles. The number of benzene rings is 9. The highest BCUT2D eigenvalue weighted by molar-refractivity contribution is 6.33. The van der Waals surface area contributed by atoms with Crippen molar-refractivity contribution in [1.29, 1.82) is 0 Å². The van der Waals surface area contributed by atoms with Crippen LogP contribution in [0.15, 0.2) is 206 Å². The Morgan fingerprint density at radius 2 is 0.862 bits per heavy atom. The summed E-state index contributed by atoms with van der Waals surface area (Å²) < 4.78 is 4.71. The summed E-state index contributed by atoms with van der Waals surface area (Å²) in [5.74, 6) is 0.649. The lowest BCUT2D eigenvalue weighted by atomic mass is 10.0. The van der Waals surface area contributed by atoms with Gasteiger partial charge in [0.05, 0.1) is 33.3 Å². The number of aromatic nitrogens is 4. The number of nitrogens with zero attached hydrogens (tertiary/aromatic N) is 4. The van der Waals surface area contributed by atoms with E-state index in [0.717, 1.165) is 44.4 Å². The lowest BCUT2D eigenvalue weighted by Gasteiger charge is -2.12. The van der Waals surface area contributed by atoms with Crippen molar-refractivity contribution in [3.8, 4) is 45.1 Å². The van der Waals surface area contributed by atoms with E-state index in [0.29, 0.717) is 5.95 Å². The summed E-state index contributed by atoms with van der Waals surface area (Å²) >= 11 is 0. The minimum absolute atomic E-state index is 0.649. The third-order valence-corrected chi connectivity index (χ3v) is 11.7. The molecular weight excluding hydrogens is 705 g/mol. The molecule has 9 aromatic carbocycles. The minimum atomic E-state index is 0.649. The first-order valence-electron chi connectivity index (χ1n) is 19.8. The molecule has 0 atom stereocenters. The van der Waals surface area contributed by atoms with Gasteiger partial charge in [-0.15, -0.1) is 0 Å². The van der Waals surface area contributed by atoms with Gasteiger partial charge in [-0.3, -0.25) is 4.57 Å². The second kappa shape index (κ2) is 12.9. The monoisotopic (exact) mass is 738 g/mol. The Bertz CT molecular complexity index is 3540. The summed E-state index contributed by atoms with van der Waals surface area (Å²) in [6, 6.07) is 73.7. The molecule has 0 saturated carbocycles. The second-order valence-corrected chi connectivity index (χ2v) is 15.0. The molecule has 4 nitrogen and oxygen atoms in total. The molecule has 12 aromatic rings. The lowest BCUT2D eigenvalue weighted by Crippen LogP contribution is -2.03. The molecule has 0 spiro atoms. The van der Waals surface area contributed by atoms with Crippen LogP contribution in [0.3, 0.4) is 0 Å². The van der Waals surface area contributed by atoms with Crippen LogP contribution in [0.25, 0.3) is 110 Å². The third-order valence-electron chi connectivity index (χ3n) is 11.7. The van der Waals surface area contributed by atoms with Crippen LogP contribution in [0.2, 0.25) is 0 Å². The molecule has 0 radical (unpaired) electrons. The maximum atomic E-state index is 5.45. The van der Waals surface area contributed by atoms with E-state index < -0.39 is 0 Å². The van der Waals surface area contributed by atoms with E-state index in [1.807, 2.05) is 0 Å². The van der Waals surface area contributed by atoms with Crippen molar-refractivity contribution < 1.29 is 0 Å². The smallest absolute Gasteiger partial charge is 0.235 e. The first-order valence-corrected chi connectivity index (χ1v) is 19.8. The fourth-order valence-corrected chi connectivity index (χ4v) is 9.11. The third kappa shape index (κ3) is 4.95. The molecule has 3 aromatic heterocycles. The van der Waals surface area contributed by atoms with Crippen molar-refractivity contribution >= 4 is 65.3 Å². The molecule has 0 aliphatic carbocycles. The van der Waals surface area contributed by atoms with Gasteiger partial charge in [0.25, 0.3) is 0 Å². The summed E-state index contributed by atoms with van der Waals surface area (Å²) in [5, 5.41) is 8.29. The first kappa shape index (κ1) is 32.4. The minimum Gasteiger partial charge on any atom is -0.309 e. The number of fused-ring (bicyclic) bond motifs is 10. The van der Waals surface area contributed by atoms with E-state index in [1.165, 1.54) is 60.1 Å². The standard InChI is InChI=1S/C54H34N4/c1-3-14-35(15-4-1)37-26-28-39(29-27-37)53-43-22-9-11-24-45(43)55-54(56-53)58-46-25-12-10-23-44(46)51-48(58)32-33-49-52(51)50-42-21-8-7-18-38(42)30-31-47(50)57(49)41-20-13-19-40(34-41)36-16-5-2-6-17-36/h1-34H. The van der Waals surface area contributed by atoms with Crippen LogP contribution in [-0.2, 0) is 0 Å². The Labute approximate surface area is 334 Å². The molecule has 0 unspecified atom stereocenters. The maximum absolute atomic E-state index is 5.45. The fraction of sp³-hybridized carbons (Fsp3) is 0. The SMILES string of the molecule is c1ccc(-c2ccc(-c3nc(-n4c5ccccc5c5c6c7c8ccccc8ccc7n(-c7cccc(-c8ccccc8)c7)c6ccc54)nc4ccccc34)cc2)cc1. The highest BCUT2D eigenvalue weighted by Gasteiger charge is 2.23. The molecule has 0 aliphatic rings. The Hall–Kier alpha value is -7.82. The van der Waals surface area contributed by atoms with Gasteiger partial charge in [-0.05, 0) is 75.5 Å². The van der Waals surface area contributed by atoms with Gasteiger partial charge in [0.15, 0.2) is 0 Å². The van der Waals surface area contributed by atoms with Crippen molar-refractivity contribution in [2.75, 3.05) is 0 Å². The molecule has 4 heteroatoms. The summed E-state index contributed by atoms with van der Waals surface area (Å²) in [7, 11) is 0. The normalized spacial score (nSPS) is 11.8. The zero-order chi connectivity index (χ0) is 38.2. The molecule has 3 heterocycles. The van der Waals surface area contributed by atoms with Gasteiger partial charge < -0.3 is 4.57 Å². The van der Waals surface area contributed by atoms with Crippen molar-refractivity contribution in [3.63, 3.8) is 0 Å². The van der Waals surface area contributed by atoms with Gasteiger partial charge in [-0.25, -0.2) is 9.97 Å². The number of hydrogen-bond acceptors (Lipinski definition) is 2. The number of rotatable bonds is 5.